The summed E-state index contributed by atoms with van der Waals surface area (Å²) in [6, 6.07) is 7.76. The molecule has 3 N–H and O–H groups in total. The molecule has 1 rings (SSSR count). The van der Waals surface area contributed by atoms with E-state index < -0.39 is 6.04 Å². The minimum Gasteiger partial charge on any atom is -0.501 e. The summed E-state index contributed by atoms with van der Waals surface area (Å²) >= 11 is 4.60. The molecule has 0 aromatic heterocycles. The van der Waals surface area contributed by atoms with Crippen LogP contribution in [-0.4, -0.2) is 16.2 Å². The monoisotopic (exact) mass is 245 g/mol. The van der Waals surface area contributed by atoms with E-state index in [-0.39, 0.29) is 17.5 Å². The molecule has 0 radical (unpaired) electrons. The van der Waals surface area contributed by atoms with Crippen molar-refractivity contribution in [1.82, 2.24) is 0 Å². The average molecular weight is 246 g/mol. The first kappa shape index (κ1) is 14.4. The molecule has 4 heteroatoms. The van der Waals surface area contributed by atoms with Crippen LogP contribution in [0.25, 0.3) is 0 Å². The van der Waals surface area contributed by atoms with Gasteiger partial charge in [0.25, 0.3) is 0 Å². The molecule has 1 aromatic carbocycles. The zero-order valence-electron chi connectivity index (χ0n) is 8.64. The maximum Gasteiger partial charge on any atom is 0.174 e. The van der Waals surface area contributed by atoms with E-state index in [0.717, 1.165) is 12.0 Å². The molecule has 0 aliphatic rings. The van der Waals surface area contributed by atoms with E-state index in [9.17, 15) is 0 Å². The number of thiocarbonyl (C=S) groups is 1. The van der Waals surface area contributed by atoms with Crippen LogP contribution in [-0.2, 0) is 12.8 Å². The number of aryl methyl sites for hydroxylation is 1. The van der Waals surface area contributed by atoms with Gasteiger partial charge in [-0.15, -0.1) is 12.4 Å². The number of aliphatic hydroxyl groups excluding tert-OH is 1. The topological polar surface area (TPSA) is 46.2 Å². The van der Waals surface area contributed by atoms with Crippen molar-refractivity contribution in [3.8, 4) is 0 Å². The Hall–Kier alpha value is -0.640. The molecule has 0 fully saturated rings. The Morgan fingerprint density at radius 1 is 1.33 bits per heavy atom. The molecule has 84 valence electrons. The molecule has 0 aliphatic heterocycles. The van der Waals surface area contributed by atoms with Gasteiger partial charge in [0.2, 0.25) is 0 Å². The lowest BCUT2D eigenvalue weighted by molar-refractivity contribution is 0.529. The Labute approximate surface area is 102 Å². The predicted octanol–water partition coefficient (Wildman–Crippen LogP) is 2.43. The van der Waals surface area contributed by atoms with Crippen LogP contribution in [0.2, 0.25) is 0 Å². The van der Waals surface area contributed by atoms with Crippen molar-refractivity contribution in [2.24, 2.45) is 5.73 Å². The number of hydrogen-bond acceptors (Lipinski definition) is 2. The second-order valence-corrected chi connectivity index (χ2v) is 3.74. The largest absolute Gasteiger partial charge is 0.501 e. The molecular weight excluding hydrogens is 230 g/mol. The highest BCUT2D eigenvalue weighted by molar-refractivity contribution is 7.80. The molecule has 0 unspecified atom stereocenters. The second-order valence-electron chi connectivity index (χ2n) is 3.32. The summed E-state index contributed by atoms with van der Waals surface area (Å²) in [7, 11) is 0. The summed E-state index contributed by atoms with van der Waals surface area (Å²) in [4.78, 5) is 0. The maximum atomic E-state index is 8.99. The van der Waals surface area contributed by atoms with Gasteiger partial charge >= 0.3 is 0 Å². The molecule has 0 bridgehead atoms. The number of aliphatic hydroxyl groups is 1. The molecule has 15 heavy (non-hydrogen) atoms. The van der Waals surface area contributed by atoms with Crippen molar-refractivity contribution in [3.63, 3.8) is 0 Å². The zero-order valence-corrected chi connectivity index (χ0v) is 10.3. The predicted molar refractivity (Wildman–Crippen MR) is 70.0 cm³/mol. The fourth-order valence-corrected chi connectivity index (χ4v) is 1.34. The second kappa shape index (κ2) is 6.77. The Morgan fingerprint density at radius 3 is 2.20 bits per heavy atom. The molecule has 1 atom stereocenters. The minimum absolute atomic E-state index is 0. The fraction of sp³-hybridized carbons (Fsp3) is 0.364. The van der Waals surface area contributed by atoms with E-state index in [1.54, 1.807) is 0 Å². The summed E-state index contributed by atoms with van der Waals surface area (Å²) in [5.41, 5.74) is 8.03. The van der Waals surface area contributed by atoms with Crippen molar-refractivity contribution >= 4 is 29.7 Å². The van der Waals surface area contributed by atoms with Crippen LogP contribution in [0.15, 0.2) is 24.3 Å². The van der Waals surface area contributed by atoms with Crippen LogP contribution in [0, 0.1) is 0 Å². The zero-order chi connectivity index (χ0) is 10.6. The molecule has 2 nitrogen and oxygen atoms in total. The van der Waals surface area contributed by atoms with Gasteiger partial charge in [-0.3, -0.25) is 0 Å². The first-order valence-electron chi connectivity index (χ1n) is 4.69. The molecule has 0 heterocycles. The van der Waals surface area contributed by atoms with Crippen LogP contribution < -0.4 is 5.73 Å². The molecule has 0 saturated carbocycles. The van der Waals surface area contributed by atoms with E-state index >= 15 is 0 Å². The normalized spacial score (nSPS) is 11.6. The fourth-order valence-electron chi connectivity index (χ4n) is 1.25. The average Bonchev–Trinajstić information content (AvgIpc) is 2.19. The summed E-state index contributed by atoms with van der Waals surface area (Å²) in [5.74, 6) is 0. The lowest BCUT2D eigenvalue weighted by atomic mass is 10.0. The van der Waals surface area contributed by atoms with Gasteiger partial charge in [-0.05, 0) is 36.2 Å². The highest BCUT2D eigenvalue weighted by Gasteiger charge is 2.07. The van der Waals surface area contributed by atoms with Crippen LogP contribution in [0.5, 0.6) is 0 Å². The quantitative estimate of drug-likeness (QED) is 0.801. The molecule has 0 spiro atoms. The van der Waals surface area contributed by atoms with E-state index in [0.29, 0.717) is 6.42 Å². The van der Waals surface area contributed by atoms with Crippen molar-refractivity contribution in [2.75, 3.05) is 0 Å². The number of halogens is 1. The third-order valence-corrected chi connectivity index (χ3v) is 2.51. The van der Waals surface area contributed by atoms with Crippen molar-refractivity contribution < 1.29 is 5.11 Å². The van der Waals surface area contributed by atoms with E-state index in [1.165, 1.54) is 5.56 Å². The Bertz CT molecular complexity index is 313. The summed E-state index contributed by atoms with van der Waals surface area (Å²) in [5, 5.41) is 8.87. The first-order valence-corrected chi connectivity index (χ1v) is 5.10. The lowest BCUT2D eigenvalue weighted by Crippen LogP contribution is -2.30. The van der Waals surface area contributed by atoms with Crippen molar-refractivity contribution in [1.29, 1.82) is 0 Å². The van der Waals surface area contributed by atoms with Gasteiger partial charge in [0.15, 0.2) is 5.05 Å². The van der Waals surface area contributed by atoms with Crippen LogP contribution >= 0.6 is 24.6 Å². The van der Waals surface area contributed by atoms with Gasteiger partial charge in [-0.1, -0.05) is 31.2 Å². The van der Waals surface area contributed by atoms with Gasteiger partial charge in [-0.25, -0.2) is 0 Å². The SMILES string of the molecule is CCc1ccc(C[C@H](N)C(O)=S)cc1.Cl. The van der Waals surface area contributed by atoms with Gasteiger partial charge in [0, 0.05) is 0 Å². The molecular formula is C11H16ClNOS. The van der Waals surface area contributed by atoms with E-state index in [2.05, 4.69) is 31.3 Å². The Balaban J connectivity index is 0.00000196. The number of benzene rings is 1. The summed E-state index contributed by atoms with van der Waals surface area (Å²) in [6.45, 7) is 2.11. The lowest BCUT2D eigenvalue weighted by Gasteiger charge is -2.08. The number of nitrogens with two attached hydrogens (primary N) is 1. The number of rotatable bonds is 4. The summed E-state index contributed by atoms with van der Waals surface area (Å²) < 4.78 is 0. The van der Waals surface area contributed by atoms with Crippen LogP contribution in [0.1, 0.15) is 18.1 Å². The minimum atomic E-state index is -0.433. The Kier molecular flexibility index (Phi) is 6.48. The van der Waals surface area contributed by atoms with Gasteiger partial charge in [0.1, 0.15) is 0 Å². The van der Waals surface area contributed by atoms with Crippen molar-refractivity contribution in [2.45, 2.75) is 25.8 Å². The number of hydrogen-bond donors (Lipinski definition) is 2. The van der Waals surface area contributed by atoms with E-state index in [1.807, 2.05) is 12.1 Å². The van der Waals surface area contributed by atoms with Crippen LogP contribution in [0.3, 0.4) is 0 Å². The summed E-state index contributed by atoms with van der Waals surface area (Å²) in [6.07, 6.45) is 1.63. The highest BCUT2D eigenvalue weighted by Crippen LogP contribution is 2.07. The Morgan fingerprint density at radius 2 is 1.80 bits per heavy atom. The highest BCUT2D eigenvalue weighted by atomic mass is 35.5. The smallest absolute Gasteiger partial charge is 0.174 e. The third-order valence-electron chi connectivity index (χ3n) is 2.20. The van der Waals surface area contributed by atoms with Gasteiger partial charge in [-0.2, -0.15) is 0 Å². The molecule has 0 aliphatic carbocycles. The molecule has 1 aromatic rings. The van der Waals surface area contributed by atoms with Gasteiger partial charge < -0.3 is 10.8 Å². The maximum absolute atomic E-state index is 8.99. The first-order chi connectivity index (χ1) is 6.63. The standard InChI is InChI=1S/C11H15NOS.ClH/c1-2-8-3-5-9(6-4-8)7-10(12)11(13)14;/h3-6,10H,2,7,12H2,1H3,(H,13,14);1H/t10-;/m0./s1. The molecule has 0 saturated heterocycles. The van der Waals surface area contributed by atoms with E-state index in [4.69, 9.17) is 10.8 Å². The van der Waals surface area contributed by atoms with Crippen LogP contribution in [0.4, 0.5) is 0 Å². The molecule has 0 amide bonds. The van der Waals surface area contributed by atoms with Crippen molar-refractivity contribution in [3.05, 3.63) is 35.4 Å². The third kappa shape index (κ3) is 4.60. The van der Waals surface area contributed by atoms with Gasteiger partial charge in [0.05, 0.1) is 6.04 Å².